The Morgan fingerprint density at radius 1 is 0.418 bits per heavy atom. The summed E-state index contributed by atoms with van der Waals surface area (Å²) in [5, 5.41) is 14.0. The molecular formula is C52H35N3. The number of para-hydroxylation sites is 2. The second-order valence-corrected chi connectivity index (χ2v) is 14.3. The van der Waals surface area contributed by atoms with Crippen molar-refractivity contribution in [1.82, 2.24) is 9.88 Å². The van der Waals surface area contributed by atoms with Gasteiger partial charge in [0.1, 0.15) is 5.84 Å². The molecule has 1 unspecified atom stereocenters. The lowest BCUT2D eigenvalue weighted by molar-refractivity contribution is 0.788. The summed E-state index contributed by atoms with van der Waals surface area (Å²) >= 11 is 0. The fourth-order valence-electron chi connectivity index (χ4n) is 8.76. The highest BCUT2D eigenvalue weighted by Gasteiger charge is 2.25. The van der Waals surface area contributed by atoms with E-state index in [1.165, 1.54) is 65.3 Å². The molecule has 1 N–H and O–H groups in total. The van der Waals surface area contributed by atoms with Crippen LogP contribution in [0.15, 0.2) is 205 Å². The third-order valence-electron chi connectivity index (χ3n) is 11.2. The highest BCUT2D eigenvalue weighted by atomic mass is 15.0. The van der Waals surface area contributed by atoms with Gasteiger partial charge in [0.2, 0.25) is 0 Å². The molecule has 0 fully saturated rings. The zero-order valence-corrected chi connectivity index (χ0v) is 30.0. The van der Waals surface area contributed by atoms with E-state index in [1.54, 1.807) is 0 Å². The van der Waals surface area contributed by atoms with E-state index < -0.39 is 0 Å². The molecule has 1 aliphatic heterocycles. The van der Waals surface area contributed by atoms with Crippen molar-refractivity contribution in [3.63, 3.8) is 0 Å². The van der Waals surface area contributed by atoms with Crippen molar-refractivity contribution >= 4 is 65.7 Å². The lowest BCUT2D eigenvalue weighted by atomic mass is 9.87. The molecule has 2 heterocycles. The van der Waals surface area contributed by atoms with Gasteiger partial charge in [0.15, 0.2) is 0 Å². The lowest BCUT2D eigenvalue weighted by Gasteiger charge is -2.26. The van der Waals surface area contributed by atoms with E-state index in [0.29, 0.717) is 0 Å². The van der Waals surface area contributed by atoms with E-state index in [1.807, 2.05) is 0 Å². The summed E-state index contributed by atoms with van der Waals surface area (Å²) in [5.74, 6) is 0.861. The number of aliphatic imine (C=N–C) groups is 1. The molecule has 0 amide bonds. The molecule has 258 valence electrons. The number of nitrogens with one attached hydrogen (secondary N) is 1. The van der Waals surface area contributed by atoms with Crippen LogP contribution in [0.25, 0.3) is 76.6 Å². The molecule has 55 heavy (non-hydrogen) atoms. The number of fused-ring (bicyclic) bond motifs is 10. The highest BCUT2D eigenvalue weighted by Crippen LogP contribution is 2.46. The smallest absolute Gasteiger partial charge is 0.134 e. The van der Waals surface area contributed by atoms with Gasteiger partial charge in [-0.3, -0.25) is 0 Å². The summed E-state index contributed by atoms with van der Waals surface area (Å²) in [6.45, 7) is 0. The van der Waals surface area contributed by atoms with Gasteiger partial charge in [-0.2, -0.15) is 0 Å². The van der Waals surface area contributed by atoms with E-state index in [-0.39, 0.29) is 6.04 Å². The zero-order chi connectivity index (χ0) is 36.3. The van der Waals surface area contributed by atoms with Crippen LogP contribution >= 0.6 is 0 Å². The van der Waals surface area contributed by atoms with Crippen LogP contribution in [-0.4, -0.2) is 10.4 Å². The first-order valence-electron chi connectivity index (χ1n) is 18.9. The van der Waals surface area contributed by atoms with Gasteiger partial charge in [-0.25, -0.2) is 4.99 Å². The second kappa shape index (κ2) is 12.7. The monoisotopic (exact) mass is 701 g/mol. The Kier molecular flexibility index (Phi) is 7.24. The first kappa shape index (κ1) is 31.3. The zero-order valence-electron chi connectivity index (χ0n) is 30.0. The van der Waals surface area contributed by atoms with Crippen LogP contribution in [0.1, 0.15) is 22.7 Å². The highest BCUT2D eigenvalue weighted by molar-refractivity contribution is 6.37. The third-order valence-corrected chi connectivity index (χ3v) is 11.2. The van der Waals surface area contributed by atoms with E-state index in [2.05, 4.69) is 210 Å². The van der Waals surface area contributed by atoms with Gasteiger partial charge in [0.25, 0.3) is 0 Å². The van der Waals surface area contributed by atoms with Crippen molar-refractivity contribution in [2.45, 2.75) is 6.04 Å². The maximum Gasteiger partial charge on any atom is 0.134 e. The Hall–Kier alpha value is -7.23. The van der Waals surface area contributed by atoms with Crippen molar-refractivity contribution in [2.75, 3.05) is 0 Å². The summed E-state index contributed by atoms with van der Waals surface area (Å²) in [6.07, 6.45) is 2.30. The van der Waals surface area contributed by atoms with Gasteiger partial charge in [-0.15, -0.1) is 0 Å². The SMILES string of the molecule is C1=C(c2ccccc2)N=C(c2cccc(-c3ccccc3)c2)NC1c1cc2c3ccccc3c3c(c4ccccc4n3-c3ccccc3)c2c2ccccc12. The molecule has 3 heteroatoms. The summed E-state index contributed by atoms with van der Waals surface area (Å²) in [6, 6.07) is 69.7. The quantitative estimate of drug-likeness (QED) is 0.178. The Balaban J connectivity index is 1.19. The molecule has 0 radical (unpaired) electrons. The van der Waals surface area contributed by atoms with E-state index >= 15 is 0 Å². The molecular weight excluding hydrogens is 667 g/mol. The van der Waals surface area contributed by atoms with Crippen LogP contribution in [-0.2, 0) is 0 Å². The van der Waals surface area contributed by atoms with Crippen molar-refractivity contribution in [3.05, 3.63) is 217 Å². The Morgan fingerprint density at radius 3 is 1.76 bits per heavy atom. The Morgan fingerprint density at radius 2 is 1.00 bits per heavy atom. The van der Waals surface area contributed by atoms with Crippen LogP contribution in [0.5, 0.6) is 0 Å². The summed E-state index contributed by atoms with van der Waals surface area (Å²) < 4.78 is 2.46. The minimum atomic E-state index is -0.141. The minimum absolute atomic E-state index is 0.141. The van der Waals surface area contributed by atoms with Crippen LogP contribution in [0.2, 0.25) is 0 Å². The fourth-order valence-corrected chi connectivity index (χ4v) is 8.76. The molecule has 0 saturated heterocycles. The first-order valence-corrected chi connectivity index (χ1v) is 18.9. The van der Waals surface area contributed by atoms with Crippen molar-refractivity contribution < 1.29 is 0 Å². The van der Waals surface area contributed by atoms with Gasteiger partial charge in [-0.1, -0.05) is 164 Å². The molecule has 11 rings (SSSR count). The molecule has 3 nitrogen and oxygen atoms in total. The molecule has 1 aromatic heterocycles. The number of nitrogens with zero attached hydrogens (tertiary/aromatic N) is 2. The number of benzene rings is 9. The number of rotatable bonds is 5. The molecule has 1 aliphatic rings. The van der Waals surface area contributed by atoms with Gasteiger partial charge in [0.05, 0.1) is 22.8 Å². The molecule has 0 bridgehead atoms. The maximum absolute atomic E-state index is 5.30. The van der Waals surface area contributed by atoms with Gasteiger partial charge in [0, 0.05) is 32.8 Å². The van der Waals surface area contributed by atoms with Gasteiger partial charge < -0.3 is 9.88 Å². The largest absolute Gasteiger partial charge is 0.359 e. The summed E-state index contributed by atoms with van der Waals surface area (Å²) in [4.78, 5) is 5.30. The average molecular weight is 702 g/mol. The van der Waals surface area contributed by atoms with Gasteiger partial charge in [-0.05, 0) is 80.2 Å². The first-order chi connectivity index (χ1) is 27.3. The molecule has 10 aromatic rings. The van der Waals surface area contributed by atoms with Crippen LogP contribution in [0.4, 0.5) is 0 Å². The van der Waals surface area contributed by atoms with Crippen molar-refractivity contribution in [1.29, 1.82) is 0 Å². The average Bonchev–Trinajstić information content (AvgIpc) is 3.62. The molecule has 0 saturated carbocycles. The minimum Gasteiger partial charge on any atom is -0.359 e. The van der Waals surface area contributed by atoms with E-state index in [4.69, 9.17) is 4.99 Å². The summed E-state index contributed by atoms with van der Waals surface area (Å²) in [7, 11) is 0. The lowest BCUT2D eigenvalue weighted by Crippen LogP contribution is -2.31. The van der Waals surface area contributed by atoms with Crippen molar-refractivity contribution in [3.8, 4) is 16.8 Å². The number of aromatic nitrogens is 1. The predicted molar refractivity (Wildman–Crippen MR) is 232 cm³/mol. The normalized spacial score (nSPS) is 14.4. The molecule has 1 atom stereocenters. The van der Waals surface area contributed by atoms with E-state index in [0.717, 1.165) is 33.9 Å². The van der Waals surface area contributed by atoms with Crippen LogP contribution < -0.4 is 5.32 Å². The fraction of sp³-hybridized carbons (Fsp3) is 0.0192. The Labute approximate surface area is 319 Å². The van der Waals surface area contributed by atoms with E-state index in [9.17, 15) is 0 Å². The number of hydrogen-bond acceptors (Lipinski definition) is 2. The third kappa shape index (κ3) is 5.09. The second-order valence-electron chi connectivity index (χ2n) is 14.3. The van der Waals surface area contributed by atoms with Gasteiger partial charge >= 0.3 is 0 Å². The Bertz CT molecular complexity index is 3160. The van der Waals surface area contributed by atoms with Crippen molar-refractivity contribution in [2.24, 2.45) is 4.99 Å². The number of hydrogen-bond donors (Lipinski definition) is 1. The van der Waals surface area contributed by atoms with Crippen LogP contribution in [0, 0.1) is 0 Å². The van der Waals surface area contributed by atoms with Crippen LogP contribution in [0.3, 0.4) is 0 Å². The molecule has 0 aliphatic carbocycles. The number of amidine groups is 1. The molecule has 9 aromatic carbocycles. The summed E-state index contributed by atoms with van der Waals surface area (Å²) in [5.41, 5.74) is 10.3. The standard InChI is InChI=1S/C52H35N3/c1-4-17-34(18-5-1)36-21-16-22-37(31-36)52-53-46(35-19-6-2-7-20-35)33-47(54-52)44-32-45-40-26-11-13-28-42(40)51-50(49(45)41-27-12-10-25-39(41)44)43-29-14-15-30-48(43)55(51)38-23-8-3-9-24-38/h1-33,47H,(H,53,54). The topological polar surface area (TPSA) is 29.3 Å². The predicted octanol–water partition coefficient (Wildman–Crippen LogP) is 13.0. The maximum atomic E-state index is 5.30. The molecule has 0 spiro atoms.